The highest BCUT2D eigenvalue weighted by Gasteiger charge is 2.15. The number of carbonyl (C=O) groups excluding carboxylic acids is 2. The molecule has 6 nitrogen and oxygen atoms in total. The molecule has 0 bridgehead atoms. The summed E-state index contributed by atoms with van der Waals surface area (Å²) < 4.78 is 6.06. The summed E-state index contributed by atoms with van der Waals surface area (Å²) in [4.78, 5) is 29.9. The summed E-state index contributed by atoms with van der Waals surface area (Å²) >= 11 is 1.56. The molecule has 23 heavy (non-hydrogen) atoms. The number of fused-ring (bicyclic) bond motifs is 1. The molecule has 3 rings (SSSR count). The summed E-state index contributed by atoms with van der Waals surface area (Å²) in [7, 11) is 1.69. The van der Waals surface area contributed by atoms with E-state index in [4.69, 9.17) is 4.42 Å². The van der Waals surface area contributed by atoms with Crippen LogP contribution in [0.15, 0.2) is 47.1 Å². The molecule has 0 spiro atoms. The van der Waals surface area contributed by atoms with Crippen LogP contribution >= 0.6 is 11.3 Å². The van der Waals surface area contributed by atoms with Crippen molar-refractivity contribution in [2.24, 2.45) is 0 Å². The summed E-state index contributed by atoms with van der Waals surface area (Å²) in [6.45, 7) is 0.329. The first kappa shape index (κ1) is 15.2. The number of furan rings is 1. The van der Waals surface area contributed by atoms with E-state index >= 15 is 0 Å². The van der Waals surface area contributed by atoms with E-state index in [9.17, 15) is 9.59 Å². The smallest absolute Gasteiger partial charge is 0.287 e. The number of amides is 2. The molecule has 2 amide bonds. The van der Waals surface area contributed by atoms with E-state index in [-0.39, 0.29) is 18.2 Å². The molecule has 1 aromatic carbocycles. The largest absolute Gasteiger partial charge is 0.459 e. The fraction of sp³-hybridized carbons (Fsp3) is 0.188. The number of nitrogens with zero attached hydrogens (tertiary/aromatic N) is 2. The molecule has 0 radical (unpaired) electrons. The zero-order chi connectivity index (χ0) is 16.2. The predicted octanol–water partition coefficient (Wildman–Crippen LogP) is 2.28. The highest BCUT2D eigenvalue weighted by atomic mass is 32.1. The molecule has 0 atom stereocenters. The second kappa shape index (κ2) is 6.62. The number of carbonyl (C=O) groups is 2. The number of benzene rings is 1. The summed E-state index contributed by atoms with van der Waals surface area (Å²) in [6.07, 6.45) is 1.41. The molecule has 1 N–H and O–H groups in total. The molecule has 7 heteroatoms. The van der Waals surface area contributed by atoms with Crippen LogP contribution in [0.2, 0.25) is 0 Å². The lowest BCUT2D eigenvalue weighted by Gasteiger charge is -2.15. The Kier molecular flexibility index (Phi) is 4.38. The van der Waals surface area contributed by atoms with Gasteiger partial charge in [0.2, 0.25) is 5.91 Å². The first-order valence-electron chi connectivity index (χ1n) is 7.03. The highest BCUT2D eigenvalue weighted by Crippen LogP contribution is 2.22. The fourth-order valence-corrected chi connectivity index (χ4v) is 3.09. The molecule has 0 unspecified atom stereocenters. The van der Waals surface area contributed by atoms with Gasteiger partial charge in [0.05, 0.1) is 29.6 Å². The van der Waals surface area contributed by atoms with E-state index in [0.717, 1.165) is 15.2 Å². The Morgan fingerprint density at radius 1 is 1.26 bits per heavy atom. The topological polar surface area (TPSA) is 75.4 Å². The SMILES string of the molecule is CN(Cc1nc2ccccc2s1)C(=O)CNC(=O)c1ccco1. The average molecular weight is 329 g/mol. The number of hydrogen-bond donors (Lipinski definition) is 1. The molecule has 0 aliphatic heterocycles. The van der Waals surface area contributed by atoms with Crippen LogP contribution in [0.3, 0.4) is 0 Å². The van der Waals surface area contributed by atoms with E-state index in [0.29, 0.717) is 6.54 Å². The van der Waals surface area contributed by atoms with Crippen LogP contribution in [0.5, 0.6) is 0 Å². The maximum absolute atomic E-state index is 12.1. The fourth-order valence-electron chi connectivity index (χ4n) is 2.06. The third kappa shape index (κ3) is 3.57. The van der Waals surface area contributed by atoms with Crippen LogP contribution in [-0.4, -0.2) is 35.3 Å². The minimum Gasteiger partial charge on any atom is -0.459 e. The number of para-hydroxylation sites is 1. The van der Waals surface area contributed by atoms with Gasteiger partial charge in [-0.3, -0.25) is 9.59 Å². The third-order valence-electron chi connectivity index (χ3n) is 3.28. The number of thiazole rings is 1. The Morgan fingerprint density at radius 3 is 2.83 bits per heavy atom. The molecule has 3 aromatic rings. The third-order valence-corrected chi connectivity index (χ3v) is 4.30. The van der Waals surface area contributed by atoms with Gasteiger partial charge >= 0.3 is 0 Å². The van der Waals surface area contributed by atoms with Crippen molar-refractivity contribution >= 4 is 33.4 Å². The van der Waals surface area contributed by atoms with E-state index in [1.54, 1.807) is 35.4 Å². The van der Waals surface area contributed by atoms with Crippen LogP contribution < -0.4 is 5.32 Å². The number of aromatic nitrogens is 1. The lowest BCUT2D eigenvalue weighted by molar-refractivity contribution is -0.129. The first-order chi connectivity index (χ1) is 11.1. The molecular weight excluding hydrogens is 314 g/mol. The van der Waals surface area contributed by atoms with Crippen LogP contribution in [0.4, 0.5) is 0 Å². The van der Waals surface area contributed by atoms with E-state index in [1.807, 2.05) is 24.3 Å². The van der Waals surface area contributed by atoms with Crippen molar-refractivity contribution < 1.29 is 14.0 Å². The second-order valence-corrected chi connectivity index (χ2v) is 6.10. The monoisotopic (exact) mass is 329 g/mol. The summed E-state index contributed by atoms with van der Waals surface area (Å²) in [5, 5.41) is 3.40. The molecule has 118 valence electrons. The lowest BCUT2D eigenvalue weighted by atomic mass is 10.3. The minimum atomic E-state index is -0.406. The quantitative estimate of drug-likeness (QED) is 0.779. The molecule has 0 saturated heterocycles. The molecule has 2 aromatic heterocycles. The summed E-state index contributed by atoms with van der Waals surface area (Å²) in [5.74, 6) is -0.410. The Bertz CT molecular complexity index is 793. The predicted molar refractivity (Wildman–Crippen MR) is 87.1 cm³/mol. The molecule has 0 fully saturated rings. The van der Waals surface area contributed by atoms with Gasteiger partial charge in [-0.05, 0) is 24.3 Å². The van der Waals surface area contributed by atoms with Crippen molar-refractivity contribution in [1.29, 1.82) is 0 Å². The van der Waals surface area contributed by atoms with Crippen LogP contribution in [0.25, 0.3) is 10.2 Å². The normalized spacial score (nSPS) is 10.7. The average Bonchev–Trinajstić information content (AvgIpc) is 3.20. The number of likely N-dealkylation sites (N-methyl/N-ethyl adjacent to an activating group) is 1. The summed E-state index contributed by atoms with van der Waals surface area (Å²) in [5.41, 5.74) is 0.930. The van der Waals surface area contributed by atoms with Gasteiger partial charge in [-0.2, -0.15) is 0 Å². The molecular formula is C16H15N3O3S. The van der Waals surface area contributed by atoms with E-state index < -0.39 is 5.91 Å². The van der Waals surface area contributed by atoms with E-state index in [1.165, 1.54) is 6.26 Å². The molecule has 0 aliphatic rings. The van der Waals surface area contributed by atoms with Gasteiger partial charge in [0.25, 0.3) is 5.91 Å². The van der Waals surface area contributed by atoms with Crippen LogP contribution in [0, 0.1) is 0 Å². The zero-order valence-corrected chi connectivity index (χ0v) is 13.3. The maximum Gasteiger partial charge on any atom is 0.287 e. The Hall–Kier alpha value is -2.67. The van der Waals surface area contributed by atoms with Crippen molar-refractivity contribution in [2.45, 2.75) is 6.54 Å². The Morgan fingerprint density at radius 2 is 2.09 bits per heavy atom. The standard InChI is InChI=1S/C16H15N3O3S/c1-19(10-14-18-11-5-2-3-7-13(11)23-14)15(20)9-17-16(21)12-6-4-8-22-12/h2-8H,9-10H2,1H3,(H,17,21). The van der Waals surface area contributed by atoms with Crippen molar-refractivity contribution in [2.75, 3.05) is 13.6 Å². The van der Waals surface area contributed by atoms with Crippen molar-refractivity contribution in [3.8, 4) is 0 Å². The second-order valence-electron chi connectivity index (χ2n) is 4.99. The number of nitrogens with one attached hydrogen (secondary N) is 1. The van der Waals surface area contributed by atoms with Gasteiger partial charge in [-0.15, -0.1) is 11.3 Å². The van der Waals surface area contributed by atoms with Gasteiger partial charge in [0, 0.05) is 7.05 Å². The minimum absolute atomic E-state index is 0.0824. The van der Waals surface area contributed by atoms with Gasteiger partial charge in [-0.25, -0.2) is 4.98 Å². The lowest BCUT2D eigenvalue weighted by Crippen LogP contribution is -2.37. The highest BCUT2D eigenvalue weighted by molar-refractivity contribution is 7.18. The molecule has 0 saturated carbocycles. The zero-order valence-electron chi connectivity index (χ0n) is 12.5. The van der Waals surface area contributed by atoms with Crippen molar-refractivity contribution in [3.05, 3.63) is 53.4 Å². The van der Waals surface area contributed by atoms with Gasteiger partial charge < -0.3 is 14.6 Å². The Labute approximate surface area is 136 Å². The Balaban J connectivity index is 1.56. The number of rotatable bonds is 5. The van der Waals surface area contributed by atoms with Crippen molar-refractivity contribution in [3.63, 3.8) is 0 Å². The van der Waals surface area contributed by atoms with Crippen LogP contribution in [0.1, 0.15) is 15.6 Å². The molecule has 2 heterocycles. The summed E-state index contributed by atoms with van der Waals surface area (Å²) in [6, 6.07) is 11.0. The van der Waals surface area contributed by atoms with Gasteiger partial charge in [0.1, 0.15) is 5.01 Å². The maximum atomic E-state index is 12.1. The molecule has 0 aliphatic carbocycles. The van der Waals surface area contributed by atoms with Crippen LogP contribution in [-0.2, 0) is 11.3 Å². The number of hydrogen-bond acceptors (Lipinski definition) is 5. The van der Waals surface area contributed by atoms with Crippen molar-refractivity contribution in [1.82, 2.24) is 15.2 Å². The first-order valence-corrected chi connectivity index (χ1v) is 7.85. The van der Waals surface area contributed by atoms with E-state index in [2.05, 4.69) is 10.3 Å². The van der Waals surface area contributed by atoms with Gasteiger partial charge in [0.15, 0.2) is 5.76 Å². The van der Waals surface area contributed by atoms with Gasteiger partial charge in [-0.1, -0.05) is 12.1 Å².